The first kappa shape index (κ1) is 21.4. The predicted molar refractivity (Wildman–Crippen MR) is 85.2 cm³/mol. The third kappa shape index (κ3) is 7.84. The molecule has 0 bridgehead atoms. The Bertz CT molecular complexity index is 710. The number of benzene rings is 1. The fourth-order valence-electron chi connectivity index (χ4n) is 2.11. The van der Waals surface area contributed by atoms with Crippen LogP contribution in [0.15, 0.2) is 23.4 Å². The Kier molecular flexibility index (Phi) is 8.33. The number of halogens is 4. The van der Waals surface area contributed by atoms with Gasteiger partial charge in [-0.05, 0) is 38.0 Å². The van der Waals surface area contributed by atoms with Gasteiger partial charge in [-0.15, -0.1) is 0 Å². The summed E-state index contributed by atoms with van der Waals surface area (Å²) in [5, 5.41) is 3.97. The zero-order valence-electron chi connectivity index (χ0n) is 13.1. The maximum Gasteiger partial charge on any atom is 0.417 e. The van der Waals surface area contributed by atoms with Gasteiger partial charge in [0.25, 0.3) is 0 Å². The zero-order valence-corrected chi connectivity index (χ0v) is 14.7. The monoisotopic (exact) mass is 400 g/mol. The molecule has 1 aliphatic rings. The molecule has 1 N–H and O–H groups in total. The molecular weight excluding hydrogens is 385 g/mol. The van der Waals surface area contributed by atoms with Gasteiger partial charge in [-0.1, -0.05) is 16.8 Å². The Balaban J connectivity index is 0.000000705. The Morgan fingerprint density at radius 1 is 1.48 bits per heavy atom. The maximum absolute atomic E-state index is 12.9. The highest BCUT2D eigenvalue weighted by Gasteiger charge is 2.34. The summed E-state index contributed by atoms with van der Waals surface area (Å²) in [5.41, 5.74) is -0.737. The van der Waals surface area contributed by atoms with Gasteiger partial charge in [0.05, 0.1) is 17.4 Å². The molecule has 1 heterocycles. The molecule has 2 rings (SSSR count). The van der Waals surface area contributed by atoms with Crippen LogP contribution in [0.1, 0.15) is 30.9 Å². The van der Waals surface area contributed by atoms with Crippen LogP contribution < -0.4 is 0 Å². The van der Waals surface area contributed by atoms with Crippen LogP contribution in [-0.4, -0.2) is 33.4 Å². The van der Waals surface area contributed by atoms with Crippen molar-refractivity contribution in [3.8, 4) is 0 Å². The number of nitrogens with zero attached hydrogens (tertiary/aromatic N) is 1. The summed E-state index contributed by atoms with van der Waals surface area (Å²) in [6.45, 7) is 2.37. The quantitative estimate of drug-likeness (QED) is 0.613. The number of rotatable bonds is 4. The number of alkyl halides is 3. The number of ether oxygens (including phenoxy) is 1. The molecule has 1 saturated heterocycles. The normalized spacial score (nSPS) is 17.6. The molecule has 1 unspecified atom stereocenters. The van der Waals surface area contributed by atoms with Gasteiger partial charge in [-0.2, -0.15) is 26.4 Å². The van der Waals surface area contributed by atoms with Crippen LogP contribution in [0.5, 0.6) is 0 Å². The summed E-state index contributed by atoms with van der Waals surface area (Å²) in [7, 11) is -2.61. The molecule has 140 valence electrons. The zero-order chi connectivity index (χ0) is 19.0. The number of oxime groups is 1. The highest BCUT2D eigenvalue weighted by molar-refractivity contribution is 7.60. The second-order valence-corrected chi connectivity index (χ2v) is 5.94. The van der Waals surface area contributed by atoms with Crippen molar-refractivity contribution < 1.29 is 31.2 Å². The van der Waals surface area contributed by atoms with E-state index >= 15 is 0 Å². The highest BCUT2D eigenvalue weighted by atomic mass is 35.5. The molecule has 0 aromatic heterocycles. The Morgan fingerprint density at radius 2 is 2.12 bits per heavy atom. The van der Waals surface area contributed by atoms with E-state index in [1.807, 2.05) is 0 Å². The van der Waals surface area contributed by atoms with Gasteiger partial charge in [0.15, 0.2) is 0 Å². The van der Waals surface area contributed by atoms with E-state index in [-0.39, 0.29) is 29.0 Å². The molecule has 1 atom stereocenters. The average Bonchev–Trinajstić information content (AvgIpc) is 2.98. The van der Waals surface area contributed by atoms with Gasteiger partial charge in [-0.25, -0.2) is 0 Å². The SMILES string of the molecule is C/C(=N\OCC1CCCO1)c1cc(Cl)ccc1C(F)(F)F.N=S(=O)=O. The first-order chi connectivity index (χ1) is 11.6. The van der Waals surface area contributed by atoms with Crippen molar-refractivity contribution in [1.29, 1.82) is 4.78 Å². The van der Waals surface area contributed by atoms with E-state index in [0.29, 0.717) is 6.61 Å². The topological polar surface area (TPSA) is 88.8 Å². The first-order valence-electron chi connectivity index (χ1n) is 7.07. The largest absolute Gasteiger partial charge is 0.417 e. The molecule has 25 heavy (non-hydrogen) atoms. The van der Waals surface area contributed by atoms with Crippen LogP contribution in [0, 0.1) is 4.78 Å². The second kappa shape index (κ2) is 9.73. The van der Waals surface area contributed by atoms with E-state index in [1.54, 1.807) is 0 Å². The van der Waals surface area contributed by atoms with Crippen LogP contribution in [0.4, 0.5) is 13.2 Å². The van der Waals surface area contributed by atoms with Crippen LogP contribution in [-0.2, 0) is 26.3 Å². The number of nitrogens with one attached hydrogen (secondary N) is 1. The van der Waals surface area contributed by atoms with Crippen molar-refractivity contribution in [2.24, 2.45) is 5.16 Å². The fraction of sp³-hybridized carbons (Fsp3) is 0.500. The smallest absolute Gasteiger partial charge is 0.393 e. The third-order valence-corrected chi connectivity index (χ3v) is 3.40. The molecule has 1 aromatic carbocycles. The fourth-order valence-corrected chi connectivity index (χ4v) is 2.28. The van der Waals surface area contributed by atoms with Crippen LogP contribution in [0.25, 0.3) is 0 Å². The molecule has 11 heteroatoms. The summed E-state index contributed by atoms with van der Waals surface area (Å²) < 4.78 is 67.0. The molecule has 0 saturated carbocycles. The summed E-state index contributed by atoms with van der Waals surface area (Å²) in [4.78, 5) is 5.09. The lowest BCUT2D eigenvalue weighted by molar-refractivity contribution is -0.137. The lowest BCUT2D eigenvalue weighted by Gasteiger charge is -2.13. The van der Waals surface area contributed by atoms with Crippen LogP contribution >= 0.6 is 11.6 Å². The Morgan fingerprint density at radius 3 is 2.64 bits per heavy atom. The van der Waals surface area contributed by atoms with E-state index in [1.165, 1.54) is 19.1 Å². The summed E-state index contributed by atoms with van der Waals surface area (Å²) >= 11 is 5.77. The van der Waals surface area contributed by atoms with Crippen molar-refractivity contribution in [3.05, 3.63) is 34.3 Å². The average molecular weight is 401 g/mol. The van der Waals surface area contributed by atoms with Crippen molar-refractivity contribution in [3.63, 3.8) is 0 Å². The Labute approximate surface area is 149 Å². The van der Waals surface area contributed by atoms with Gasteiger partial charge in [-0.3, -0.25) is 0 Å². The van der Waals surface area contributed by atoms with Gasteiger partial charge in [0, 0.05) is 17.2 Å². The minimum absolute atomic E-state index is 0.0389. The minimum atomic E-state index is -4.47. The lowest BCUT2D eigenvalue weighted by Crippen LogP contribution is -2.14. The number of hydrogen-bond acceptors (Lipinski definition) is 6. The summed E-state index contributed by atoms with van der Waals surface area (Å²) in [5.74, 6) is 0. The van der Waals surface area contributed by atoms with Crippen LogP contribution in [0.3, 0.4) is 0 Å². The van der Waals surface area contributed by atoms with Crippen molar-refractivity contribution in [1.82, 2.24) is 0 Å². The van der Waals surface area contributed by atoms with E-state index in [0.717, 1.165) is 18.9 Å². The van der Waals surface area contributed by atoms with E-state index < -0.39 is 22.2 Å². The molecule has 0 spiro atoms. The molecule has 0 aliphatic carbocycles. The van der Waals surface area contributed by atoms with Crippen LogP contribution in [0.2, 0.25) is 5.02 Å². The molecule has 0 amide bonds. The molecular formula is C14H16ClF3N2O4S. The van der Waals surface area contributed by atoms with Gasteiger partial charge in [0.1, 0.15) is 6.61 Å². The van der Waals surface area contributed by atoms with E-state index in [4.69, 9.17) is 34.4 Å². The van der Waals surface area contributed by atoms with Crippen molar-refractivity contribution in [2.45, 2.75) is 32.0 Å². The van der Waals surface area contributed by atoms with E-state index in [2.05, 4.69) is 5.16 Å². The second-order valence-electron chi connectivity index (χ2n) is 5.03. The van der Waals surface area contributed by atoms with Crippen molar-refractivity contribution in [2.75, 3.05) is 13.2 Å². The maximum atomic E-state index is 12.9. The van der Waals surface area contributed by atoms with Gasteiger partial charge in [0.2, 0.25) is 0 Å². The van der Waals surface area contributed by atoms with E-state index in [9.17, 15) is 13.2 Å². The standard InChI is InChI=1S/C14H15ClF3NO2.HNO2S/c1-9(19-21-8-11-3-2-6-20-11)12-7-10(15)4-5-13(12)14(16,17)18;1-4(2)3/h4-5,7,11H,2-3,6,8H2,1H3;1H/b19-9+;. The van der Waals surface area contributed by atoms with Gasteiger partial charge < -0.3 is 9.57 Å². The van der Waals surface area contributed by atoms with Gasteiger partial charge >= 0.3 is 16.7 Å². The third-order valence-electron chi connectivity index (χ3n) is 3.16. The molecule has 1 aromatic rings. The molecule has 1 aliphatic heterocycles. The lowest BCUT2D eigenvalue weighted by atomic mass is 10.0. The summed E-state index contributed by atoms with van der Waals surface area (Å²) in [6, 6.07) is 3.38. The Hall–Kier alpha value is -1.65. The summed E-state index contributed by atoms with van der Waals surface area (Å²) in [6.07, 6.45) is -2.67. The first-order valence-corrected chi connectivity index (χ1v) is 8.52. The molecule has 6 nitrogen and oxygen atoms in total. The highest BCUT2D eigenvalue weighted by Crippen LogP contribution is 2.33. The predicted octanol–water partition coefficient (Wildman–Crippen LogP) is 3.91. The molecule has 0 radical (unpaired) electrons. The number of hydrogen-bond donors (Lipinski definition) is 1. The molecule has 1 fully saturated rings. The minimum Gasteiger partial charge on any atom is -0.393 e. The van der Waals surface area contributed by atoms with Crippen molar-refractivity contribution >= 4 is 27.8 Å².